The molecule has 0 saturated heterocycles. The van der Waals surface area contributed by atoms with Gasteiger partial charge in [0.15, 0.2) is 5.82 Å². The number of thioether (sulfide) groups is 1. The Bertz CT molecular complexity index is 786. The molecule has 23 heavy (non-hydrogen) atoms. The summed E-state index contributed by atoms with van der Waals surface area (Å²) in [6.45, 7) is 1.77. The summed E-state index contributed by atoms with van der Waals surface area (Å²) in [5.74, 6) is 0.157. The summed E-state index contributed by atoms with van der Waals surface area (Å²) < 4.78 is 12.9. The zero-order valence-corrected chi connectivity index (χ0v) is 13.7. The molecule has 1 amide bonds. The Morgan fingerprint density at radius 1 is 1.35 bits per heavy atom. The van der Waals surface area contributed by atoms with Crippen LogP contribution in [0.15, 0.2) is 46.9 Å². The summed E-state index contributed by atoms with van der Waals surface area (Å²) in [4.78, 5) is 17.5. The number of anilines is 1. The highest BCUT2D eigenvalue weighted by Crippen LogP contribution is 2.25. The van der Waals surface area contributed by atoms with E-state index < -0.39 is 0 Å². The average Bonchev–Trinajstić information content (AvgIpc) is 3.20. The molecular weight excluding hydrogens is 335 g/mol. The molecule has 1 atom stereocenters. The second-order valence-corrected chi connectivity index (χ2v) is 6.96. The lowest BCUT2D eigenvalue weighted by atomic mass is 10.3. The molecule has 3 aromatic rings. The Hall–Kier alpha value is -2.19. The monoisotopic (exact) mass is 348 g/mol. The molecule has 5 nitrogen and oxygen atoms in total. The molecule has 0 bridgehead atoms. The van der Waals surface area contributed by atoms with E-state index in [9.17, 15) is 9.18 Å². The van der Waals surface area contributed by atoms with Crippen LogP contribution in [0, 0.1) is 5.82 Å². The summed E-state index contributed by atoms with van der Waals surface area (Å²) in [5.41, 5.74) is 0.554. The number of nitrogens with one attached hydrogen (secondary N) is 2. The normalized spacial score (nSPS) is 12.1. The number of thiophene rings is 1. The fraction of sp³-hybridized carbons (Fsp3) is 0.133. The van der Waals surface area contributed by atoms with Crippen LogP contribution < -0.4 is 5.32 Å². The molecular formula is C15H13FN4OS2. The molecule has 0 unspecified atom stereocenters. The molecule has 0 spiro atoms. The minimum Gasteiger partial charge on any atom is -0.325 e. The highest BCUT2D eigenvalue weighted by atomic mass is 32.2. The fourth-order valence-corrected chi connectivity index (χ4v) is 3.20. The fourth-order valence-electron chi connectivity index (χ4n) is 1.81. The first-order chi connectivity index (χ1) is 11.1. The van der Waals surface area contributed by atoms with Crippen molar-refractivity contribution in [2.24, 2.45) is 0 Å². The molecule has 8 heteroatoms. The van der Waals surface area contributed by atoms with Gasteiger partial charge in [-0.15, -0.1) is 16.4 Å². The number of amides is 1. The van der Waals surface area contributed by atoms with E-state index in [-0.39, 0.29) is 17.0 Å². The van der Waals surface area contributed by atoms with E-state index in [1.807, 2.05) is 17.5 Å². The SMILES string of the molecule is C[C@H](Sc1n[nH]c(-c2cccs2)n1)C(=O)Nc1ccc(F)cc1. The number of halogens is 1. The molecule has 3 rings (SSSR count). The van der Waals surface area contributed by atoms with Crippen LogP contribution in [-0.4, -0.2) is 26.3 Å². The third-order valence-corrected chi connectivity index (χ3v) is 4.82. The van der Waals surface area contributed by atoms with Crippen molar-refractivity contribution in [3.63, 3.8) is 0 Å². The number of carbonyl (C=O) groups is 1. The third-order valence-electron chi connectivity index (χ3n) is 2.98. The van der Waals surface area contributed by atoms with Crippen molar-refractivity contribution in [2.45, 2.75) is 17.3 Å². The van der Waals surface area contributed by atoms with Crippen molar-refractivity contribution in [3.8, 4) is 10.7 Å². The van der Waals surface area contributed by atoms with Crippen LogP contribution in [-0.2, 0) is 4.79 Å². The van der Waals surface area contributed by atoms with Crippen LogP contribution in [0.3, 0.4) is 0 Å². The summed E-state index contributed by atoms with van der Waals surface area (Å²) in [7, 11) is 0. The number of rotatable bonds is 5. The maximum absolute atomic E-state index is 12.9. The Kier molecular flexibility index (Phi) is 4.73. The van der Waals surface area contributed by atoms with Crippen molar-refractivity contribution >= 4 is 34.7 Å². The minimum absolute atomic E-state index is 0.191. The van der Waals surface area contributed by atoms with Crippen LogP contribution in [0.1, 0.15) is 6.92 Å². The summed E-state index contributed by atoms with van der Waals surface area (Å²) in [6.07, 6.45) is 0. The lowest BCUT2D eigenvalue weighted by Gasteiger charge is -2.09. The lowest BCUT2D eigenvalue weighted by molar-refractivity contribution is -0.115. The molecule has 0 radical (unpaired) electrons. The Balaban J connectivity index is 1.61. The first-order valence-corrected chi connectivity index (χ1v) is 8.57. The van der Waals surface area contributed by atoms with E-state index in [4.69, 9.17) is 0 Å². The summed E-state index contributed by atoms with van der Waals surface area (Å²) >= 11 is 2.82. The largest absolute Gasteiger partial charge is 0.325 e. The van der Waals surface area contributed by atoms with Gasteiger partial charge in [-0.05, 0) is 42.6 Å². The third kappa shape index (κ3) is 3.96. The van der Waals surface area contributed by atoms with Gasteiger partial charge in [0.05, 0.1) is 10.1 Å². The number of aromatic nitrogens is 3. The van der Waals surface area contributed by atoms with Gasteiger partial charge < -0.3 is 5.32 Å². The average molecular weight is 348 g/mol. The number of hydrogen-bond acceptors (Lipinski definition) is 5. The van der Waals surface area contributed by atoms with E-state index in [2.05, 4.69) is 20.5 Å². The van der Waals surface area contributed by atoms with Crippen molar-refractivity contribution in [1.82, 2.24) is 15.2 Å². The molecule has 2 aromatic heterocycles. The van der Waals surface area contributed by atoms with Crippen molar-refractivity contribution in [1.29, 1.82) is 0 Å². The maximum atomic E-state index is 12.9. The molecule has 0 aliphatic heterocycles. The predicted octanol–water partition coefficient (Wildman–Crippen LogP) is 3.79. The van der Waals surface area contributed by atoms with Gasteiger partial charge in [-0.25, -0.2) is 9.37 Å². The zero-order chi connectivity index (χ0) is 16.2. The molecule has 1 aromatic carbocycles. The quantitative estimate of drug-likeness (QED) is 0.688. The summed E-state index contributed by atoms with van der Waals surface area (Å²) in [5, 5.41) is 11.8. The van der Waals surface area contributed by atoms with Gasteiger partial charge in [0.25, 0.3) is 0 Å². The Morgan fingerprint density at radius 2 is 2.13 bits per heavy atom. The smallest absolute Gasteiger partial charge is 0.237 e. The number of nitrogens with zero attached hydrogens (tertiary/aromatic N) is 2. The first kappa shape index (κ1) is 15.7. The van der Waals surface area contributed by atoms with E-state index in [0.29, 0.717) is 16.7 Å². The molecule has 0 aliphatic rings. The van der Waals surface area contributed by atoms with Crippen LogP contribution in [0.4, 0.5) is 10.1 Å². The van der Waals surface area contributed by atoms with Gasteiger partial charge in [-0.2, -0.15) is 0 Å². The highest BCUT2D eigenvalue weighted by Gasteiger charge is 2.17. The number of carbonyl (C=O) groups excluding carboxylic acids is 1. The van der Waals surface area contributed by atoms with E-state index in [1.165, 1.54) is 36.0 Å². The van der Waals surface area contributed by atoms with Gasteiger partial charge in [0, 0.05) is 5.69 Å². The van der Waals surface area contributed by atoms with Crippen LogP contribution >= 0.6 is 23.1 Å². The lowest BCUT2D eigenvalue weighted by Crippen LogP contribution is -2.22. The molecule has 0 saturated carbocycles. The van der Waals surface area contributed by atoms with Gasteiger partial charge in [-0.1, -0.05) is 17.8 Å². The van der Waals surface area contributed by atoms with Crippen LogP contribution in [0.5, 0.6) is 0 Å². The number of H-pyrrole nitrogens is 1. The Morgan fingerprint density at radius 3 is 2.83 bits per heavy atom. The van der Waals surface area contributed by atoms with Crippen molar-refractivity contribution in [3.05, 3.63) is 47.6 Å². The molecule has 2 heterocycles. The highest BCUT2D eigenvalue weighted by molar-refractivity contribution is 8.00. The van der Waals surface area contributed by atoms with Crippen molar-refractivity contribution in [2.75, 3.05) is 5.32 Å². The predicted molar refractivity (Wildman–Crippen MR) is 90.0 cm³/mol. The molecule has 0 fully saturated rings. The maximum Gasteiger partial charge on any atom is 0.237 e. The van der Waals surface area contributed by atoms with Gasteiger partial charge in [0.1, 0.15) is 5.82 Å². The summed E-state index contributed by atoms with van der Waals surface area (Å²) in [6, 6.07) is 9.53. The second-order valence-electron chi connectivity index (χ2n) is 4.70. The van der Waals surface area contributed by atoms with Gasteiger partial charge in [-0.3, -0.25) is 9.89 Å². The number of hydrogen-bond donors (Lipinski definition) is 2. The number of aromatic amines is 1. The Labute approximate surface area is 140 Å². The number of benzene rings is 1. The second kappa shape index (κ2) is 6.93. The van der Waals surface area contributed by atoms with Crippen LogP contribution in [0.25, 0.3) is 10.7 Å². The molecule has 0 aliphatic carbocycles. The van der Waals surface area contributed by atoms with E-state index in [1.54, 1.807) is 18.3 Å². The first-order valence-electron chi connectivity index (χ1n) is 6.81. The van der Waals surface area contributed by atoms with Gasteiger partial charge >= 0.3 is 0 Å². The minimum atomic E-state index is -0.382. The van der Waals surface area contributed by atoms with E-state index >= 15 is 0 Å². The molecule has 2 N–H and O–H groups in total. The topological polar surface area (TPSA) is 70.7 Å². The van der Waals surface area contributed by atoms with Crippen LogP contribution in [0.2, 0.25) is 0 Å². The molecule has 118 valence electrons. The van der Waals surface area contributed by atoms with Gasteiger partial charge in [0.2, 0.25) is 11.1 Å². The standard InChI is InChI=1S/C15H13FN4OS2/c1-9(14(21)17-11-6-4-10(16)5-7-11)23-15-18-13(19-20-15)12-3-2-8-22-12/h2-9H,1H3,(H,17,21)(H,18,19,20)/t9-/m0/s1. The van der Waals surface area contributed by atoms with Crippen molar-refractivity contribution < 1.29 is 9.18 Å². The zero-order valence-electron chi connectivity index (χ0n) is 12.1. The van der Waals surface area contributed by atoms with E-state index in [0.717, 1.165) is 4.88 Å².